The first-order valence-electron chi connectivity index (χ1n) is 6.89. The minimum absolute atomic E-state index is 0.574. The monoisotopic (exact) mass is 226 g/mol. The first-order chi connectivity index (χ1) is 7.88. The fraction of sp³-hybridized carbons (Fsp3) is 1.00. The van der Waals surface area contributed by atoms with Crippen LogP contribution in [-0.4, -0.2) is 50.3 Å². The van der Waals surface area contributed by atoms with Crippen molar-refractivity contribution in [2.75, 3.05) is 33.3 Å². The maximum atomic E-state index is 5.91. The number of piperidine rings is 1. The zero-order valence-electron chi connectivity index (χ0n) is 10.6. The highest BCUT2D eigenvalue weighted by Gasteiger charge is 2.19. The van der Waals surface area contributed by atoms with Crippen molar-refractivity contribution in [3.05, 3.63) is 0 Å². The number of likely N-dealkylation sites (N-methyl/N-ethyl adjacent to an activating group) is 1. The van der Waals surface area contributed by atoms with E-state index in [1.54, 1.807) is 0 Å². The Morgan fingerprint density at radius 3 is 2.75 bits per heavy atom. The molecule has 0 aromatic carbocycles. The Balaban J connectivity index is 1.58. The van der Waals surface area contributed by atoms with Gasteiger partial charge >= 0.3 is 0 Å². The molecule has 1 unspecified atom stereocenters. The summed E-state index contributed by atoms with van der Waals surface area (Å²) < 4.78 is 5.91. The Morgan fingerprint density at radius 1 is 1.19 bits per heavy atom. The van der Waals surface area contributed by atoms with E-state index in [2.05, 4.69) is 17.3 Å². The van der Waals surface area contributed by atoms with Gasteiger partial charge in [0.2, 0.25) is 0 Å². The van der Waals surface area contributed by atoms with Gasteiger partial charge in [-0.05, 0) is 39.3 Å². The Morgan fingerprint density at radius 2 is 2.00 bits per heavy atom. The van der Waals surface area contributed by atoms with E-state index in [-0.39, 0.29) is 0 Å². The predicted molar refractivity (Wildman–Crippen MR) is 66.7 cm³/mol. The normalized spacial score (nSPS) is 28.7. The van der Waals surface area contributed by atoms with Gasteiger partial charge in [0.05, 0.1) is 12.7 Å². The summed E-state index contributed by atoms with van der Waals surface area (Å²) >= 11 is 0. The molecule has 0 aromatic rings. The maximum Gasteiger partial charge on any atom is 0.0597 e. The molecule has 16 heavy (non-hydrogen) atoms. The largest absolute Gasteiger partial charge is 0.377 e. The topological polar surface area (TPSA) is 24.5 Å². The van der Waals surface area contributed by atoms with Crippen LogP contribution in [0.1, 0.15) is 38.5 Å². The number of nitrogens with one attached hydrogen (secondary N) is 1. The van der Waals surface area contributed by atoms with Gasteiger partial charge < -0.3 is 10.1 Å². The highest BCUT2D eigenvalue weighted by atomic mass is 16.5. The molecular weight excluding hydrogens is 200 g/mol. The standard InChI is InChI=1S/C13H26N2O/c1-14-12-5-4-8-15(11-12)9-10-16-13-6-2-3-7-13/h12-14H,2-11H2,1H3. The Labute approximate surface area is 99.5 Å². The highest BCUT2D eigenvalue weighted by Crippen LogP contribution is 2.20. The number of hydrogen-bond acceptors (Lipinski definition) is 3. The molecule has 1 N–H and O–H groups in total. The van der Waals surface area contributed by atoms with Crippen molar-refractivity contribution in [3.8, 4) is 0 Å². The Hall–Kier alpha value is -0.120. The second-order valence-corrected chi connectivity index (χ2v) is 5.21. The van der Waals surface area contributed by atoms with Crippen LogP contribution in [0.25, 0.3) is 0 Å². The zero-order chi connectivity index (χ0) is 11.2. The molecule has 0 spiro atoms. The zero-order valence-corrected chi connectivity index (χ0v) is 10.6. The van der Waals surface area contributed by atoms with Crippen LogP contribution in [0.15, 0.2) is 0 Å². The number of nitrogens with zero attached hydrogens (tertiary/aromatic N) is 1. The summed E-state index contributed by atoms with van der Waals surface area (Å²) in [5.74, 6) is 0. The van der Waals surface area contributed by atoms with Crippen molar-refractivity contribution < 1.29 is 4.74 Å². The minimum Gasteiger partial charge on any atom is -0.377 e. The van der Waals surface area contributed by atoms with Crippen molar-refractivity contribution in [3.63, 3.8) is 0 Å². The van der Waals surface area contributed by atoms with Crippen molar-refractivity contribution in [2.45, 2.75) is 50.7 Å². The average molecular weight is 226 g/mol. The van der Waals surface area contributed by atoms with E-state index >= 15 is 0 Å². The molecule has 1 aliphatic heterocycles. The second-order valence-electron chi connectivity index (χ2n) is 5.21. The first kappa shape index (κ1) is 12.3. The fourth-order valence-electron chi connectivity index (χ4n) is 2.90. The summed E-state index contributed by atoms with van der Waals surface area (Å²) in [6.45, 7) is 4.51. The van der Waals surface area contributed by atoms with Crippen LogP contribution in [0.2, 0.25) is 0 Å². The molecule has 94 valence electrons. The molecule has 0 radical (unpaired) electrons. The van der Waals surface area contributed by atoms with E-state index in [9.17, 15) is 0 Å². The van der Waals surface area contributed by atoms with Crippen molar-refractivity contribution in [2.24, 2.45) is 0 Å². The lowest BCUT2D eigenvalue weighted by Gasteiger charge is -2.32. The van der Waals surface area contributed by atoms with Crippen LogP contribution in [0, 0.1) is 0 Å². The van der Waals surface area contributed by atoms with E-state index in [4.69, 9.17) is 4.74 Å². The van der Waals surface area contributed by atoms with Crippen LogP contribution >= 0.6 is 0 Å². The van der Waals surface area contributed by atoms with E-state index in [1.807, 2.05) is 0 Å². The lowest BCUT2D eigenvalue weighted by atomic mass is 10.1. The molecule has 1 aliphatic carbocycles. The molecule has 0 bridgehead atoms. The van der Waals surface area contributed by atoms with E-state index in [0.717, 1.165) is 13.2 Å². The summed E-state index contributed by atoms with van der Waals surface area (Å²) in [4.78, 5) is 2.54. The number of ether oxygens (including phenoxy) is 1. The fourth-order valence-corrected chi connectivity index (χ4v) is 2.90. The molecule has 1 heterocycles. The van der Waals surface area contributed by atoms with Gasteiger partial charge in [-0.1, -0.05) is 12.8 Å². The molecule has 1 saturated carbocycles. The molecule has 2 rings (SSSR count). The summed E-state index contributed by atoms with van der Waals surface area (Å²) in [5, 5.41) is 3.38. The van der Waals surface area contributed by atoms with Gasteiger partial charge in [0, 0.05) is 19.1 Å². The van der Waals surface area contributed by atoms with E-state index in [1.165, 1.54) is 51.6 Å². The van der Waals surface area contributed by atoms with Crippen LogP contribution in [-0.2, 0) is 4.74 Å². The molecule has 3 heteroatoms. The molecule has 1 atom stereocenters. The van der Waals surface area contributed by atoms with Gasteiger partial charge in [-0.2, -0.15) is 0 Å². The quantitative estimate of drug-likeness (QED) is 0.771. The number of hydrogen-bond donors (Lipinski definition) is 1. The van der Waals surface area contributed by atoms with E-state index < -0.39 is 0 Å². The summed E-state index contributed by atoms with van der Waals surface area (Å²) in [6.07, 6.45) is 8.56. The smallest absolute Gasteiger partial charge is 0.0597 e. The highest BCUT2D eigenvalue weighted by molar-refractivity contribution is 4.76. The maximum absolute atomic E-state index is 5.91. The lowest BCUT2D eigenvalue weighted by Crippen LogP contribution is -2.45. The molecule has 2 aliphatic rings. The molecule has 0 aromatic heterocycles. The van der Waals surface area contributed by atoms with Gasteiger partial charge in [-0.3, -0.25) is 4.90 Å². The van der Waals surface area contributed by atoms with Gasteiger partial charge in [-0.15, -0.1) is 0 Å². The lowest BCUT2D eigenvalue weighted by molar-refractivity contribution is 0.0362. The van der Waals surface area contributed by atoms with Gasteiger partial charge in [0.15, 0.2) is 0 Å². The Kier molecular flexibility index (Phi) is 5.07. The van der Waals surface area contributed by atoms with Crippen LogP contribution in [0.4, 0.5) is 0 Å². The predicted octanol–water partition coefficient (Wildman–Crippen LogP) is 1.63. The summed E-state index contributed by atoms with van der Waals surface area (Å²) in [5.41, 5.74) is 0. The number of rotatable bonds is 5. The molecule has 1 saturated heterocycles. The van der Waals surface area contributed by atoms with Crippen molar-refractivity contribution in [1.29, 1.82) is 0 Å². The third-order valence-corrected chi connectivity index (χ3v) is 3.98. The van der Waals surface area contributed by atoms with Crippen molar-refractivity contribution >= 4 is 0 Å². The Bertz CT molecular complexity index is 192. The van der Waals surface area contributed by atoms with Gasteiger partial charge in [0.1, 0.15) is 0 Å². The molecular formula is C13H26N2O. The molecule has 3 nitrogen and oxygen atoms in total. The molecule has 0 amide bonds. The first-order valence-corrected chi connectivity index (χ1v) is 6.89. The average Bonchev–Trinajstić information content (AvgIpc) is 2.82. The van der Waals surface area contributed by atoms with E-state index in [0.29, 0.717) is 12.1 Å². The summed E-state index contributed by atoms with van der Waals surface area (Å²) in [7, 11) is 2.07. The van der Waals surface area contributed by atoms with Crippen molar-refractivity contribution in [1.82, 2.24) is 10.2 Å². The third-order valence-electron chi connectivity index (χ3n) is 3.98. The van der Waals surface area contributed by atoms with Gasteiger partial charge in [-0.25, -0.2) is 0 Å². The second kappa shape index (κ2) is 6.58. The number of likely N-dealkylation sites (tertiary alicyclic amines) is 1. The SMILES string of the molecule is CNC1CCCN(CCOC2CCCC2)C1. The summed E-state index contributed by atoms with van der Waals surface area (Å²) in [6, 6.07) is 0.695. The molecule has 2 fully saturated rings. The van der Waals surface area contributed by atoms with Gasteiger partial charge in [0.25, 0.3) is 0 Å². The third kappa shape index (κ3) is 3.72. The minimum atomic E-state index is 0.574. The van der Waals surface area contributed by atoms with Crippen LogP contribution in [0.3, 0.4) is 0 Å². The van der Waals surface area contributed by atoms with Crippen LogP contribution < -0.4 is 5.32 Å². The van der Waals surface area contributed by atoms with Crippen LogP contribution in [0.5, 0.6) is 0 Å².